The monoisotopic (exact) mass is 273 g/mol. The summed E-state index contributed by atoms with van der Waals surface area (Å²) in [6.45, 7) is 0. The molecule has 0 spiro atoms. The second-order valence-electron chi connectivity index (χ2n) is 3.10. The van der Waals surface area contributed by atoms with Gasteiger partial charge in [-0.3, -0.25) is 0 Å². The first kappa shape index (κ1) is 12.0. The molecular formula is C10H9Cl2N3O2. The van der Waals surface area contributed by atoms with Crippen LogP contribution in [0.3, 0.4) is 0 Å². The third-order valence-corrected chi connectivity index (χ3v) is 2.45. The number of halogens is 2. The lowest BCUT2D eigenvalue weighted by atomic mass is 10.3. The minimum atomic E-state index is 0.168. The summed E-state index contributed by atoms with van der Waals surface area (Å²) >= 11 is 11.4. The van der Waals surface area contributed by atoms with Gasteiger partial charge < -0.3 is 14.5 Å². The number of alkyl halides is 1. The van der Waals surface area contributed by atoms with Gasteiger partial charge in [0.25, 0.3) is 0 Å². The first-order valence-corrected chi connectivity index (χ1v) is 5.63. The SMILES string of the molecule is COc1ccc(Cl)cc1Nc1nnc(CCl)o1. The van der Waals surface area contributed by atoms with Gasteiger partial charge in [-0.2, -0.15) is 0 Å². The minimum absolute atomic E-state index is 0.168. The maximum Gasteiger partial charge on any atom is 0.320 e. The van der Waals surface area contributed by atoms with Gasteiger partial charge in [-0.25, -0.2) is 0 Å². The van der Waals surface area contributed by atoms with Crippen LogP contribution in [0.5, 0.6) is 5.75 Å². The largest absolute Gasteiger partial charge is 0.495 e. The molecule has 2 rings (SSSR count). The van der Waals surface area contributed by atoms with Crippen molar-refractivity contribution in [3.8, 4) is 5.75 Å². The highest BCUT2D eigenvalue weighted by molar-refractivity contribution is 6.30. The van der Waals surface area contributed by atoms with Crippen molar-refractivity contribution in [2.24, 2.45) is 0 Å². The number of methoxy groups -OCH3 is 1. The Morgan fingerprint density at radius 2 is 2.24 bits per heavy atom. The van der Waals surface area contributed by atoms with Gasteiger partial charge in [0.05, 0.1) is 12.8 Å². The summed E-state index contributed by atoms with van der Waals surface area (Å²) in [6.07, 6.45) is 0. The first-order chi connectivity index (χ1) is 8.22. The number of nitrogens with one attached hydrogen (secondary N) is 1. The van der Waals surface area contributed by atoms with Crippen LogP contribution in [0.1, 0.15) is 5.89 Å². The van der Waals surface area contributed by atoms with Crippen LogP contribution in [-0.4, -0.2) is 17.3 Å². The van der Waals surface area contributed by atoms with E-state index in [9.17, 15) is 0 Å². The van der Waals surface area contributed by atoms with E-state index in [1.165, 1.54) is 0 Å². The summed E-state index contributed by atoms with van der Waals surface area (Å²) in [5, 5.41) is 11.0. The zero-order valence-electron chi connectivity index (χ0n) is 8.91. The zero-order valence-corrected chi connectivity index (χ0v) is 10.4. The molecule has 7 heteroatoms. The van der Waals surface area contributed by atoms with Gasteiger partial charge in [0, 0.05) is 5.02 Å². The number of benzene rings is 1. The fourth-order valence-corrected chi connectivity index (χ4v) is 1.53. The Morgan fingerprint density at radius 1 is 1.41 bits per heavy atom. The average molecular weight is 274 g/mol. The molecule has 1 aromatic heterocycles. The molecule has 90 valence electrons. The zero-order chi connectivity index (χ0) is 12.3. The Balaban J connectivity index is 2.25. The smallest absolute Gasteiger partial charge is 0.320 e. The molecule has 0 aliphatic rings. The van der Waals surface area contributed by atoms with E-state index in [0.717, 1.165) is 0 Å². The highest BCUT2D eigenvalue weighted by atomic mass is 35.5. The molecule has 1 heterocycles. The maximum atomic E-state index is 5.89. The van der Waals surface area contributed by atoms with E-state index in [1.807, 2.05) is 0 Å². The van der Waals surface area contributed by atoms with E-state index in [1.54, 1.807) is 25.3 Å². The molecule has 1 N–H and O–H groups in total. The molecule has 0 aliphatic carbocycles. The number of hydrogen-bond acceptors (Lipinski definition) is 5. The molecule has 5 nitrogen and oxygen atoms in total. The van der Waals surface area contributed by atoms with Crippen molar-refractivity contribution in [2.75, 3.05) is 12.4 Å². The molecule has 0 bridgehead atoms. The van der Waals surface area contributed by atoms with Gasteiger partial charge in [-0.05, 0) is 18.2 Å². The lowest BCUT2D eigenvalue weighted by Gasteiger charge is -2.08. The predicted octanol–water partition coefficient (Wildman–Crippen LogP) is 3.21. The second-order valence-corrected chi connectivity index (χ2v) is 3.81. The normalized spacial score (nSPS) is 10.3. The molecule has 2 aromatic rings. The van der Waals surface area contributed by atoms with Crippen molar-refractivity contribution in [2.45, 2.75) is 5.88 Å². The molecule has 0 radical (unpaired) electrons. The van der Waals surface area contributed by atoms with Crippen LogP contribution in [0, 0.1) is 0 Å². The fourth-order valence-electron chi connectivity index (χ4n) is 1.25. The van der Waals surface area contributed by atoms with Crippen molar-refractivity contribution >= 4 is 34.9 Å². The van der Waals surface area contributed by atoms with Crippen molar-refractivity contribution < 1.29 is 9.15 Å². The van der Waals surface area contributed by atoms with E-state index < -0.39 is 0 Å². The number of aromatic nitrogens is 2. The summed E-state index contributed by atoms with van der Waals surface area (Å²) in [4.78, 5) is 0. The van der Waals surface area contributed by atoms with Crippen molar-refractivity contribution in [1.29, 1.82) is 0 Å². The van der Waals surface area contributed by atoms with Crippen molar-refractivity contribution in [1.82, 2.24) is 10.2 Å². The third kappa shape index (κ3) is 2.81. The summed E-state index contributed by atoms with van der Waals surface area (Å²) in [6, 6.07) is 5.40. The molecule has 17 heavy (non-hydrogen) atoms. The van der Waals surface area contributed by atoms with Crippen LogP contribution in [0.15, 0.2) is 22.6 Å². The van der Waals surface area contributed by atoms with Crippen LogP contribution < -0.4 is 10.1 Å². The Kier molecular flexibility index (Phi) is 3.71. The molecule has 0 saturated carbocycles. The van der Waals surface area contributed by atoms with Gasteiger partial charge in [0.15, 0.2) is 0 Å². The Hall–Kier alpha value is -1.46. The number of ether oxygens (including phenoxy) is 1. The highest BCUT2D eigenvalue weighted by Crippen LogP contribution is 2.30. The summed E-state index contributed by atoms with van der Waals surface area (Å²) < 4.78 is 10.4. The maximum absolute atomic E-state index is 5.89. The highest BCUT2D eigenvalue weighted by Gasteiger charge is 2.09. The summed E-state index contributed by atoms with van der Waals surface area (Å²) in [5.41, 5.74) is 0.643. The van der Waals surface area contributed by atoms with Gasteiger partial charge in [0.2, 0.25) is 5.89 Å². The summed E-state index contributed by atoms with van der Waals surface area (Å²) in [5.74, 6) is 1.14. The Bertz CT molecular complexity index is 516. The molecule has 1 aromatic carbocycles. The molecule has 0 amide bonds. The van der Waals surface area contributed by atoms with Crippen LogP contribution in [0.25, 0.3) is 0 Å². The van der Waals surface area contributed by atoms with E-state index in [4.69, 9.17) is 32.4 Å². The molecule has 0 aliphatic heterocycles. The summed E-state index contributed by atoms with van der Waals surface area (Å²) in [7, 11) is 1.56. The van der Waals surface area contributed by atoms with Gasteiger partial charge in [-0.1, -0.05) is 16.7 Å². The number of rotatable bonds is 4. The average Bonchev–Trinajstić information content (AvgIpc) is 2.77. The van der Waals surface area contributed by atoms with Gasteiger partial charge >= 0.3 is 6.01 Å². The van der Waals surface area contributed by atoms with Gasteiger partial charge in [0.1, 0.15) is 11.6 Å². The van der Waals surface area contributed by atoms with Crippen molar-refractivity contribution in [3.63, 3.8) is 0 Å². The van der Waals surface area contributed by atoms with Gasteiger partial charge in [-0.15, -0.1) is 16.7 Å². The van der Waals surface area contributed by atoms with E-state index in [2.05, 4.69) is 15.5 Å². The fraction of sp³-hybridized carbons (Fsp3) is 0.200. The van der Waals surface area contributed by atoms with E-state index in [0.29, 0.717) is 22.4 Å². The molecule has 0 atom stereocenters. The van der Waals surface area contributed by atoms with Crippen LogP contribution in [0.4, 0.5) is 11.7 Å². The molecule has 0 unspecified atom stereocenters. The Morgan fingerprint density at radius 3 is 2.88 bits per heavy atom. The number of anilines is 2. The second kappa shape index (κ2) is 5.25. The molecule has 0 saturated heterocycles. The first-order valence-electron chi connectivity index (χ1n) is 4.72. The molecular weight excluding hydrogens is 265 g/mol. The number of hydrogen-bond donors (Lipinski definition) is 1. The van der Waals surface area contributed by atoms with Crippen LogP contribution >= 0.6 is 23.2 Å². The predicted molar refractivity (Wildman–Crippen MR) is 65.1 cm³/mol. The lowest BCUT2D eigenvalue weighted by Crippen LogP contribution is -1.94. The standard InChI is InChI=1S/C10H9Cl2N3O2/c1-16-8-3-2-6(12)4-7(8)13-10-15-14-9(5-11)17-10/h2-4H,5H2,1H3,(H,13,15). The lowest BCUT2D eigenvalue weighted by molar-refractivity contribution is 0.416. The third-order valence-electron chi connectivity index (χ3n) is 1.98. The Labute approximate surface area is 108 Å². The quantitative estimate of drug-likeness (QED) is 0.867. The van der Waals surface area contributed by atoms with Crippen LogP contribution in [0.2, 0.25) is 5.02 Å². The number of nitrogens with zero attached hydrogens (tertiary/aromatic N) is 2. The molecule has 0 fully saturated rings. The minimum Gasteiger partial charge on any atom is -0.495 e. The van der Waals surface area contributed by atoms with Crippen LogP contribution in [-0.2, 0) is 5.88 Å². The van der Waals surface area contributed by atoms with Crippen molar-refractivity contribution in [3.05, 3.63) is 29.1 Å². The van der Waals surface area contributed by atoms with E-state index in [-0.39, 0.29) is 11.9 Å². The van der Waals surface area contributed by atoms with E-state index >= 15 is 0 Å². The topological polar surface area (TPSA) is 60.2 Å².